The fourth-order valence-electron chi connectivity index (χ4n) is 2.37. The van der Waals surface area contributed by atoms with Crippen LogP contribution >= 0.6 is 27.3 Å². The molecule has 0 unspecified atom stereocenters. The number of hydrogen-bond acceptors (Lipinski definition) is 4. The van der Waals surface area contributed by atoms with Crippen LogP contribution in [0.3, 0.4) is 0 Å². The first-order valence-corrected chi connectivity index (χ1v) is 9.12. The van der Waals surface area contributed by atoms with E-state index in [2.05, 4.69) is 26.2 Å². The largest absolute Gasteiger partial charge is 0.325 e. The Kier molecular flexibility index (Phi) is 4.82. The normalized spacial score (nSPS) is 11.0. The molecular weight excluding hydrogens is 390 g/mol. The number of carbonyl (C=O) groups excluding carboxylic acids is 1. The maximum atomic E-state index is 12.5. The fraction of sp³-hybridized carbons (Fsp3) is 0.235. The number of rotatable bonds is 4. The lowest BCUT2D eigenvalue weighted by Gasteiger charge is -2.08. The number of aryl methyl sites for hydroxylation is 2. The molecule has 0 atom stereocenters. The van der Waals surface area contributed by atoms with E-state index in [4.69, 9.17) is 0 Å². The molecule has 0 aliphatic heterocycles. The van der Waals surface area contributed by atoms with Gasteiger partial charge in [-0.1, -0.05) is 22.9 Å². The average molecular weight is 406 g/mol. The van der Waals surface area contributed by atoms with E-state index in [1.807, 2.05) is 38.1 Å². The van der Waals surface area contributed by atoms with Crippen LogP contribution in [0.1, 0.15) is 17.4 Å². The molecule has 0 saturated carbocycles. The van der Waals surface area contributed by atoms with Gasteiger partial charge in [-0.15, -0.1) is 11.3 Å². The third-order valence-electron chi connectivity index (χ3n) is 3.67. The predicted octanol–water partition coefficient (Wildman–Crippen LogP) is 3.73. The highest BCUT2D eigenvalue weighted by molar-refractivity contribution is 9.10. The summed E-state index contributed by atoms with van der Waals surface area (Å²) in [5, 5.41) is 3.38. The lowest BCUT2D eigenvalue weighted by molar-refractivity contribution is -0.116. The number of benzene rings is 1. The number of hydrogen-bond donors (Lipinski definition) is 1. The number of carbonyl (C=O) groups is 1. The Morgan fingerprint density at radius 1 is 1.38 bits per heavy atom. The number of fused-ring (bicyclic) bond motifs is 1. The molecule has 0 radical (unpaired) electrons. The third kappa shape index (κ3) is 3.42. The first kappa shape index (κ1) is 16.9. The standard InChI is InChI=1S/C17H16BrN3O2S/c1-3-12-7-13-16(24-12)19-9-21(17(13)23)8-15(22)20-11-4-5-14(18)10(2)6-11/h4-7,9H,3,8H2,1-2H3,(H,20,22). The van der Waals surface area contributed by atoms with Crippen LogP contribution in [0.4, 0.5) is 5.69 Å². The molecule has 0 bridgehead atoms. The smallest absolute Gasteiger partial charge is 0.262 e. The molecule has 3 aromatic rings. The van der Waals surface area contributed by atoms with Crippen molar-refractivity contribution in [3.63, 3.8) is 0 Å². The number of amides is 1. The maximum absolute atomic E-state index is 12.5. The summed E-state index contributed by atoms with van der Waals surface area (Å²) in [6, 6.07) is 7.42. The highest BCUT2D eigenvalue weighted by Gasteiger charge is 2.11. The van der Waals surface area contributed by atoms with E-state index in [0.717, 1.165) is 26.2 Å². The van der Waals surface area contributed by atoms with E-state index in [1.165, 1.54) is 22.2 Å². The van der Waals surface area contributed by atoms with Crippen molar-refractivity contribution in [1.29, 1.82) is 0 Å². The lowest BCUT2D eigenvalue weighted by atomic mass is 10.2. The zero-order chi connectivity index (χ0) is 17.3. The molecule has 1 N–H and O–H groups in total. The van der Waals surface area contributed by atoms with Crippen molar-refractivity contribution < 1.29 is 4.79 Å². The van der Waals surface area contributed by atoms with Crippen LogP contribution in [-0.4, -0.2) is 15.5 Å². The van der Waals surface area contributed by atoms with Crippen molar-refractivity contribution in [2.75, 3.05) is 5.32 Å². The molecule has 3 rings (SSSR count). The zero-order valence-corrected chi connectivity index (χ0v) is 15.7. The van der Waals surface area contributed by atoms with Gasteiger partial charge in [-0.25, -0.2) is 4.98 Å². The number of nitrogens with one attached hydrogen (secondary N) is 1. The minimum Gasteiger partial charge on any atom is -0.325 e. The van der Waals surface area contributed by atoms with Crippen molar-refractivity contribution in [2.45, 2.75) is 26.8 Å². The summed E-state index contributed by atoms with van der Waals surface area (Å²) in [5.41, 5.74) is 1.54. The molecular formula is C17H16BrN3O2S. The van der Waals surface area contributed by atoms with Crippen LogP contribution in [0.2, 0.25) is 0 Å². The van der Waals surface area contributed by atoms with Gasteiger partial charge in [-0.05, 0) is 43.2 Å². The van der Waals surface area contributed by atoms with Gasteiger partial charge in [0.05, 0.1) is 11.7 Å². The first-order valence-electron chi connectivity index (χ1n) is 7.51. The summed E-state index contributed by atoms with van der Waals surface area (Å²) in [6.45, 7) is 3.93. The van der Waals surface area contributed by atoms with Crippen LogP contribution in [0.15, 0.2) is 39.9 Å². The molecule has 2 heterocycles. The molecule has 5 nitrogen and oxygen atoms in total. The Morgan fingerprint density at radius 2 is 2.17 bits per heavy atom. The van der Waals surface area contributed by atoms with E-state index < -0.39 is 0 Å². The van der Waals surface area contributed by atoms with Gasteiger partial charge in [0.15, 0.2) is 0 Å². The highest BCUT2D eigenvalue weighted by atomic mass is 79.9. The van der Waals surface area contributed by atoms with Crippen LogP contribution in [0.25, 0.3) is 10.2 Å². The van der Waals surface area contributed by atoms with Crippen LogP contribution in [-0.2, 0) is 17.8 Å². The molecule has 24 heavy (non-hydrogen) atoms. The second-order valence-electron chi connectivity index (χ2n) is 5.47. The predicted molar refractivity (Wildman–Crippen MR) is 101 cm³/mol. The van der Waals surface area contributed by atoms with E-state index in [1.54, 1.807) is 0 Å². The van der Waals surface area contributed by atoms with E-state index in [0.29, 0.717) is 11.1 Å². The van der Waals surface area contributed by atoms with E-state index >= 15 is 0 Å². The fourth-order valence-corrected chi connectivity index (χ4v) is 3.55. The maximum Gasteiger partial charge on any atom is 0.262 e. The average Bonchev–Trinajstić information content (AvgIpc) is 2.98. The Labute approximate surface area is 151 Å². The zero-order valence-electron chi connectivity index (χ0n) is 13.3. The summed E-state index contributed by atoms with van der Waals surface area (Å²) in [5.74, 6) is -0.258. The van der Waals surface area contributed by atoms with E-state index in [9.17, 15) is 9.59 Å². The summed E-state index contributed by atoms with van der Waals surface area (Å²) < 4.78 is 2.32. The Hall–Kier alpha value is -1.99. The molecule has 0 fully saturated rings. The quantitative estimate of drug-likeness (QED) is 0.718. The second kappa shape index (κ2) is 6.86. The second-order valence-corrected chi connectivity index (χ2v) is 7.44. The van der Waals surface area contributed by atoms with Crippen molar-refractivity contribution in [1.82, 2.24) is 9.55 Å². The molecule has 1 amide bonds. The van der Waals surface area contributed by atoms with Gasteiger partial charge in [-0.2, -0.15) is 0 Å². The van der Waals surface area contributed by atoms with Gasteiger partial charge in [0.2, 0.25) is 5.91 Å². The SMILES string of the molecule is CCc1cc2c(=O)n(CC(=O)Nc3ccc(Br)c(C)c3)cnc2s1. The molecule has 7 heteroatoms. The summed E-state index contributed by atoms with van der Waals surface area (Å²) in [4.78, 5) is 30.8. The molecule has 1 aromatic carbocycles. The Bertz CT molecular complexity index is 978. The third-order valence-corrected chi connectivity index (χ3v) is 5.75. The van der Waals surface area contributed by atoms with Gasteiger partial charge >= 0.3 is 0 Å². The number of aromatic nitrogens is 2. The van der Waals surface area contributed by atoms with Crippen LogP contribution in [0, 0.1) is 6.92 Å². The van der Waals surface area contributed by atoms with Crippen molar-refractivity contribution in [3.8, 4) is 0 Å². The van der Waals surface area contributed by atoms with Crippen molar-refractivity contribution >= 4 is 49.1 Å². The minimum atomic E-state index is -0.258. The molecule has 0 saturated heterocycles. The topological polar surface area (TPSA) is 64.0 Å². The monoisotopic (exact) mass is 405 g/mol. The van der Waals surface area contributed by atoms with E-state index in [-0.39, 0.29) is 18.0 Å². The summed E-state index contributed by atoms with van der Waals surface area (Å²) in [6.07, 6.45) is 2.30. The molecule has 2 aromatic heterocycles. The van der Waals surface area contributed by atoms with Crippen molar-refractivity contribution in [3.05, 3.63) is 55.9 Å². The number of thiophene rings is 1. The highest BCUT2D eigenvalue weighted by Crippen LogP contribution is 2.21. The first-order chi connectivity index (χ1) is 11.5. The number of anilines is 1. The van der Waals surface area contributed by atoms with Gasteiger partial charge in [0, 0.05) is 15.0 Å². The molecule has 124 valence electrons. The van der Waals surface area contributed by atoms with Gasteiger partial charge in [0.25, 0.3) is 5.56 Å². The Balaban J connectivity index is 1.81. The minimum absolute atomic E-state index is 0.0613. The summed E-state index contributed by atoms with van der Waals surface area (Å²) >= 11 is 4.94. The number of halogens is 1. The molecule has 0 aliphatic carbocycles. The molecule has 0 aliphatic rings. The van der Waals surface area contributed by atoms with Gasteiger partial charge in [-0.3, -0.25) is 14.2 Å². The van der Waals surface area contributed by atoms with Crippen molar-refractivity contribution in [2.24, 2.45) is 0 Å². The number of nitrogens with zero attached hydrogens (tertiary/aromatic N) is 2. The molecule has 0 spiro atoms. The van der Waals surface area contributed by atoms with Gasteiger partial charge in [0.1, 0.15) is 11.4 Å². The van der Waals surface area contributed by atoms with Crippen LogP contribution < -0.4 is 10.9 Å². The lowest BCUT2D eigenvalue weighted by Crippen LogP contribution is -2.27. The van der Waals surface area contributed by atoms with Crippen LogP contribution in [0.5, 0.6) is 0 Å². The summed E-state index contributed by atoms with van der Waals surface area (Å²) in [7, 11) is 0. The van der Waals surface area contributed by atoms with Gasteiger partial charge < -0.3 is 5.32 Å². The Morgan fingerprint density at radius 3 is 2.88 bits per heavy atom.